The number of halogens is 2. The van der Waals surface area contributed by atoms with Gasteiger partial charge >= 0.3 is 0 Å². The lowest BCUT2D eigenvalue weighted by Gasteiger charge is -2.07. The van der Waals surface area contributed by atoms with Gasteiger partial charge in [-0.1, -0.05) is 11.6 Å². The Morgan fingerprint density at radius 3 is 3.00 bits per heavy atom. The molecule has 0 aliphatic heterocycles. The van der Waals surface area contributed by atoms with Crippen molar-refractivity contribution < 1.29 is 9.50 Å². The maximum Gasteiger partial charge on any atom is 0.166 e. The van der Waals surface area contributed by atoms with Crippen molar-refractivity contribution in [3.8, 4) is 0 Å². The quantitative estimate of drug-likeness (QED) is 0.813. The third kappa shape index (κ3) is 3.47. The van der Waals surface area contributed by atoms with Crippen molar-refractivity contribution in [2.24, 2.45) is 0 Å². The molecule has 0 amide bonds. The number of nitrogens with zero attached hydrogens (tertiary/aromatic N) is 1. The van der Waals surface area contributed by atoms with Crippen molar-refractivity contribution >= 4 is 17.4 Å². The van der Waals surface area contributed by atoms with Crippen LogP contribution in [0.25, 0.3) is 0 Å². The molecule has 78 valence electrons. The van der Waals surface area contributed by atoms with Gasteiger partial charge in [0.2, 0.25) is 0 Å². The summed E-state index contributed by atoms with van der Waals surface area (Å²) >= 11 is 5.53. The van der Waals surface area contributed by atoms with Crippen LogP contribution in [0.4, 0.5) is 10.2 Å². The van der Waals surface area contributed by atoms with Crippen molar-refractivity contribution in [1.82, 2.24) is 4.98 Å². The molecule has 1 rings (SSSR count). The summed E-state index contributed by atoms with van der Waals surface area (Å²) in [6, 6.07) is 1.19. The Balaban J connectivity index is 2.51. The smallest absolute Gasteiger partial charge is 0.166 e. The normalized spacial score (nSPS) is 12.6. The summed E-state index contributed by atoms with van der Waals surface area (Å²) in [5.74, 6) is -0.321. The number of hydrogen-bond acceptors (Lipinski definition) is 3. The predicted molar refractivity (Wildman–Crippen MR) is 54.0 cm³/mol. The molecule has 3 nitrogen and oxygen atoms in total. The van der Waals surface area contributed by atoms with Gasteiger partial charge < -0.3 is 10.4 Å². The molecule has 0 bridgehead atoms. The zero-order chi connectivity index (χ0) is 10.6. The van der Waals surface area contributed by atoms with Crippen LogP contribution in [0.5, 0.6) is 0 Å². The number of nitrogens with one attached hydrogen (secondary N) is 1. The Bertz CT molecular complexity index is 307. The van der Waals surface area contributed by atoms with E-state index in [4.69, 9.17) is 16.7 Å². The van der Waals surface area contributed by atoms with Crippen LogP contribution in [0, 0.1) is 5.82 Å². The average molecular weight is 219 g/mol. The molecule has 0 fully saturated rings. The zero-order valence-corrected chi connectivity index (χ0v) is 8.55. The van der Waals surface area contributed by atoms with Crippen molar-refractivity contribution in [3.63, 3.8) is 0 Å². The van der Waals surface area contributed by atoms with Crippen LogP contribution in [-0.4, -0.2) is 22.7 Å². The van der Waals surface area contributed by atoms with E-state index in [1.54, 1.807) is 6.92 Å². The lowest BCUT2D eigenvalue weighted by Crippen LogP contribution is -2.11. The van der Waals surface area contributed by atoms with Gasteiger partial charge in [-0.05, 0) is 19.4 Å². The highest BCUT2D eigenvalue weighted by Gasteiger charge is 2.03. The van der Waals surface area contributed by atoms with E-state index in [0.717, 1.165) is 0 Å². The van der Waals surface area contributed by atoms with E-state index >= 15 is 0 Å². The van der Waals surface area contributed by atoms with Gasteiger partial charge in [-0.15, -0.1) is 0 Å². The summed E-state index contributed by atoms with van der Waals surface area (Å²) in [5, 5.41) is 12.0. The lowest BCUT2D eigenvalue weighted by atomic mass is 10.3. The molecule has 14 heavy (non-hydrogen) atoms. The van der Waals surface area contributed by atoms with Crippen molar-refractivity contribution in [2.75, 3.05) is 11.9 Å². The second-order valence-corrected chi connectivity index (χ2v) is 3.48. The standard InChI is InChI=1S/C9H12ClFN2O/c1-6(14)2-3-12-9-8(11)4-7(10)5-13-9/h4-6,14H,2-3H2,1H3,(H,12,13). The summed E-state index contributed by atoms with van der Waals surface area (Å²) in [6.07, 6.45) is 1.51. The Morgan fingerprint density at radius 2 is 2.43 bits per heavy atom. The van der Waals surface area contributed by atoms with Crippen LogP contribution in [0.2, 0.25) is 5.02 Å². The van der Waals surface area contributed by atoms with Gasteiger partial charge in [-0.3, -0.25) is 0 Å². The number of anilines is 1. The summed E-state index contributed by atoms with van der Waals surface area (Å²) in [6.45, 7) is 2.15. The van der Waals surface area contributed by atoms with E-state index in [9.17, 15) is 4.39 Å². The molecule has 0 saturated carbocycles. The van der Waals surface area contributed by atoms with Crippen molar-refractivity contribution in [2.45, 2.75) is 19.4 Å². The van der Waals surface area contributed by atoms with Crippen LogP contribution < -0.4 is 5.32 Å². The average Bonchev–Trinajstić information content (AvgIpc) is 2.08. The number of aliphatic hydroxyl groups is 1. The Kier molecular flexibility index (Phi) is 4.10. The second kappa shape index (κ2) is 5.12. The molecule has 0 saturated heterocycles. The number of pyridine rings is 1. The monoisotopic (exact) mass is 218 g/mol. The summed E-state index contributed by atoms with van der Waals surface area (Å²) in [4.78, 5) is 3.77. The first-order chi connectivity index (χ1) is 6.59. The summed E-state index contributed by atoms with van der Waals surface area (Å²) in [5.41, 5.74) is 0. The second-order valence-electron chi connectivity index (χ2n) is 3.05. The van der Waals surface area contributed by atoms with Crippen LogP contribution in [0.15, 0.2) is 12.3 Å². The Hall–Kier alpha value is -0.870. The highest BCUT2D eigenvalue weighted by molar-refractivity contribution is 6.30. The molecule has 1 atom stereocenters. The Morgan fingerprint density at radius 1 is 1.71 bits per heavy atom. The molecule has 1 heterocycles. The molecule has 0 spiro atoms. The highest BCUT2D eigenvalue weighted by Crippen LogP contribution is 2.15. The van der Waals surface area contributed by atoms with E-state index in [0.29, 0.717) is 13.0 Å². The summed E-state index contributed by atoms with van der Waals surface area (Å²) < 4.78 is 13.1. The molecular formula is C9H12ClFN2O. The van der Waals surface area contributed by atoms with Gasteiger partial charge in [-0.2, -0.15) is 0 Å². The molecule has 0 aromatic carbocycles. The number of hydrogen-bond donors (Lipinski definition) is 2. The van der Waals surface area contributed by atoms with E-state index in [-0.39, 0.29) is 10.8 Å². The van der Waals surface area contributed by atoms with Gasteiger partial charge in [0, 0.05) is 12.7 Å². The molecule has 2 N–H and O–H groups in total. The van der Waals surface area contributed by atoms with E-state index in [1.807, 2.05) is 0 Å². The molecule has 1 aromatic rings. The molecular weight excluding hydrogens is 207 g/mol. The van der Waals surface area contributed by atoms with Crippen molar-refractivity contribution in [1.29, 1.82) is 0 Å². The fraction of sp³-hybridized carbons (Fsp3) is 0.444. The van der Waals surface area contributed by atoms with E-state index in [2.05, 4.69) is 10.3 Å². The first-order valence-corrected chi connectivity index (χ1v) is 4.70. The number of aliphatic hydroxyl groups excluding tert-OH is 1. The van der Waals surface area contributed by atoms with Gasteiger partial charge in [-0.25, -0.2) is 9.37 Å². The third-order valence-corrected chi connectivity index (χ3v) is 1.87. The number of rotatable bonds is 4. The van der Waals surface area contributed by atoms with Gasteiger partial charge in [0.1, 0.15) is 0 Å². The topological polar surface area (TPSA) is 45.1 Å². The first-order valence-electron chi connectivity index (χ1n) is 4.32. The third-order valence-electron chi connectivity index (χ3n) is 1.66. The minimum absolute atomic E-state index is 0.162. The number of aromatic nitrogens is 1. The van der Waals surface area contributed by atoms with Gasteiger partial charge in [0.05, 0.1) is 11.1 Å². The molecule has 0 radical (unpaired) electrons. The minimum atomic E-state index is -0.483. The van der Waals surface area contributed by atoms with Crippen molar-refractivity contribution in [3.05, 3.63) is 23.1 Å². The Labute approximate surface area is 86.9 Å². The van der Waals surface area contributed by atoms with Gasteiger partial charge in [0.25, 0.3) is 0 Å². The summed E-state index contributed by atoms with van der Waals surface area (Å²) in [7, 11) is 0. The predicted octanol–water partition coefficient (Wildman–Crippen LogP) is 2.06. The molecule has 1 aromatic heterocycles. The molecule has 1 unspecified atom stereocenters. The highest BCUT2D eigenvalue weighted by atomic mass is 35.5. The lowest BCUT2D eigenvalue weighted by molar-refractivity contribution is 0.188. The maximum absolute atomic E-state index is 13.1. The zero-order valence-electron chi connectivity index (χ0n) is 7.80. The molecule has 0 aliphatic carbocycles. The first kappa shape index (κ1) is 11.2. The largest absolute Gasteiger partial charge is 0.393 e. The molecule has 5 heteroatoms. The van der Waals surface area contributed by atoms with E-state index in [1.165, 1.54) is 12.3 Å². The van der Waals surface area contributed by atoms with Crippen LogP contribution in [-0.2, 0) is 0 Å². The fourth-order valence-electron chi connectivity index (χ4n) is 0.944. The van der Waals surface area contributed by atoms with Crippen LogP contribution in [0.3, 0.4) is 0 Å². The van der Waals surface area contributed by atoms with Gasteiger partial charge in [0.15, 0.2) is 11.6 Å². The van der Waals surface area contributed by atoms with E-state index < -0.39 is 11.9 Å². The SMILES string of the molecule is CC(O)CCNc1ncc(Cl)cc1F. The minimum Gasteiger partial charge on any atom is -0.393 e. The molecule has 0 aliphatic rings. The van der Waals surface area contributed by atoms with Crippen LogP contribution >= 0.6 is 11.6 Å². The maximum atomic E-state index is 13.1. The van der Waals surface area contributed by atoms with Crippen LogP contribution in [0.1, 0.15) is 13.3 Å². The fourth-order valence-corrected chi connectivity index (χ4v) is 1.09.